The molecule has 7 heteroatoms. The molecule has 2 fully saturated rings. The van der Waals surface area contributed by atoms with Gasteiger partial charge in [-0.1, -0.05) is 18.2 Å². The second-order valence-electron chi connectivity index (χ2n) is 8.59. The molecule has 32 heavy (non-hydrogen) atoms. The average molecular weight is 429 g/mol. The molecule has 4 aromatic rings. The normalized spacial score (nSPS) is 18.7. The van der Waals surface area contributed by atoms with Gasteiger partial charge in [-0.25, -0.2) is 18.9 Å². The van der Waals surface area contributed by atoms with Gasteiger partial charge in [0, 0.05) is 19.6 Å². The summed E-state index contributed by atoms with van der Waals surface area (Å²) in [5.74, 6) is 1.69. The first kappa shape index (κ1) is 19.2. The second-order valence-corrected chi connectivity index (χ2v) is 8.59. The van der Waals surface area contributed by atoms with E-state index in [4.69, 9.17) is 10.1 Å². The number of nitrogens with zero attached hydrogens (tertiary/aromatic N) is 6. The minimum absolute atomic E-state index is 0.124. The molecule has 2 aliphatic heterocycles. The Hall–Kier alpha value is -3.48. The zero-order chi connectivity index (χ0) is 21.5. The van der Waals surface area contributed by atoms with Crippen LogP contribution in [0.15, 0.2) is 60.8 Å². The molecule has 0 aliphatic carbocycles. The van der Waals surface area contributed by atoms with E-state index in [0.29, 0.717) is 0 Å². The van der Waals surface area contributed by atoms with Crippen LogP contribution in [0.25, 0.3) is 17.0 Å². The van der Waals surface area contributed by atoms with Crippen molar-refractivity contribution in [2.75, 3.05) is 29.4 Å². The van der Waals surface area contributed by atoms with E-state index in [2.05, 4.69) is 26.9 Å². The lowest BCUT2D eigenvalue weighted by molar-refractivity contribution is 0.617. The summed E-state index contributed by atoms with van der Waals surface area (Å²) in [4.78, 5) is 14.1. The number of hydrogen-bond acceptors (Lipinski definition) is 5. The highest BCUT2D eigenvalue weighted by Crippen LogP contribution is 2.35. The Bertz CT molecular complexity index is 1260. The largest absolute Gasteiger partial charge is 0.357 e. The Labute approximate surface area is 186 Å². The molecule has 6 nitrogen and oxygen atoms in total. The molecule has 0 amide bonds. The van der Waals surface area contributed by atoms with E-state index >= 15 is 0 Å². The first-order valence-corrected chi connectivity index (χ1v) is 11.4. The van der Waals surface area contributed by atoms with E-state index in [0.717, 1.165) is 66.7 Å². The fraction of sp³-hybridized carbons (Fsp3) is 0.320. The topological polar surface area (TPSA) is 49.6 Å². The first-order valence-electron chi connectivity index (χ1n) is 11.4. The third kappa shape index (κ3) is 3.38. The van der Waals surface area contributed by atoms with Gasteiger partial charge in [-0.2, -0.15) is 0 Å². The van der Waals surface area contributed by atoms with Gasteiger partial charge < -0.3 is 9.80 Å². The molecule has 2 saturated heterocycles. The highest BCUT2D eigenvalue weighted by molar-refractivity contribution is 5.62. The number of aromatic nitrogens is 4. The number of hydrogen-bond donors (Lipinski definition) is 0. The zero-order valence-corrected chi connectivity index (χ0v) is 17.9. The van der Waals surface area contributed by atoms with Crippen LogP contribution in [0.4, 0.5) is 16.0 Å². The van der Waals surface area contributed by atoms with Gasteiger partial charge in [0.1, 0.15) is 23.1 Å². The van der Waals surface area contributed by atoms with Gasteiger partial charge in [-0.3, -0.25) is 0 Å². The Morgan fingerprint density at radius 1 is 0.875 bits per heavy atom. The monoisotopic (exact) mass is 428 g/mol. The molecular weight excluding hydrogens is 403 g/mol. The number of pyridine rings is 1. The lowest BCUT2D eigenvalue weighted by Crippen LogP contribution is -2.24. The van der Waals surface area contributed by atoms with Gasteiger partial charge in [0.05, 0.1) is 17.9 Å². The maximum absolute atomic E-state index is 13.8. The SMILES string of the molecule is Fc1cccc([C@H]2CCCN2c2ccc3ncc(-c4cccc(N5CCCC5)n4)n3n2)c1. The number of rotatable bonds is 4. The summed E-state index contributed by atoms with van der Waals surface area (Å²) in [6.45, 7) is 3.01. The third-order valence-electron chi connectivity index (χ3n) is 6.56. The van der Waals surface area contributed by atoms with Gasteiger partial charge in [0.2, 0.25) is 0 Å². The van der Waals surface area contributed by atoms with Gasteiger partial charge >= 0.3 is 0 Å². The van der Waals surface area contributed by atoms with Crippen molar-refractivity contribution in [1.29, 1.82) is 0 Å². The smallest absolute Gasteiger partial charge is 0.154 e. The molecular formula is C25H25FN6. The Kier molecular flexibility index (Phi) is 4.74. The molecule has 6 rings (SSSR count). The number of imidazole rings is 1. The standard InChI is InChI=1S/C25H25FN6/c26-19-7-3-6-18(16-19)21-9-5-15-31(21)25-12-11-23-27-17-22(32(23)29-25)20-8-4-10-24(28-20)30-13-1-2-14-30/h3-4,6-8,10-12,16-17,21H,1-2,5,9,13-15H2/t21-/m1/s1. The maximum atomic E-state index is 13.8. The van der Waals surface area contributed by atoms with Crippen LogP contribution in [0.2, 0.25) is 0 Å². The van der Waals surface area contributed by atoms with Crippen molar-refractivity contribution in [1.82, 2.24) is 19.6 Å². The molecule has 5 heterocycles. The Balaban J connectivity index is 1.37. The van der Waals surface area contributed by atoms with Crippen molar-refractivity contribution in [2.45, 2.75) is 31.7 Å². The summed E-state index contributed by atoms with van der Waals surface area (Å²) in [7, 11) is 0. The molecule has 0 N–H and O–H groups in total. The van der Waals surface area contributed by atoms with Crippen molar-refractivity contribution in [3.05, 3.63) is 72.2 Å². The predicted molar refractivity (Wildman–Crippen MR) is 123 cm³/mol. The maximum Gasteiger partial charge on any atom is 0.154 e. The average Bonchev–Trinajstić information content (AvgIpc) is 3.59. The molecule has 162 valence electrons. The van der Waals surface area contributed by atoms with Gasteiger partial charge in [-0.15, -0.1) is 5.10 Å². The van der Waals surface area contributed by atoms with Gasteiger partial charge in [0.25, 0.3) is 0 Å². The molecule has 3 aromatic heterocycles. The van der Waals surface area contributed by atoms with Crippen LogP contribution in [-0.2, 0) is 0 Å². The summed E-state index contributed by atoms with van der Waals surface area (Å²) in [5.41, 5.74) is 3.54. The molecule has 0 bridgehead atoms. The summed E-state index contributed by atoms with van der Waals surface area (Å²) in [6.07, 6.45) is 6.32. The highest BCUT2D eigenvalue weighted by Gasteiger charge is 2.28. The first-order chi connectivity index (χ1) is 15.8. The summed E-state index contributed by atoms with van der Waals surface area (Å²) in [5, 5.41) is 4.95. The summed E-state index contributed by atoms with van der Waals surface area (Å²) in [6, 6.07) is 17.2. The van der Waals surface area contributed by atoms with Crippen molar-refractivity contribution in [2.24, 2.45) is 0 Å². The minimum atomic E-state index is -0.196. The van der Waals surface area contributed by atoms with Crippen LogP contribution in [0.1, 0.15) is 37.3 Å². The van der Waals surface area contributed by atoms with E-state index < -0.39 is 0 Å². The molecule has 2 aliphatic rings. The van der Waals surface area contributed by atoms with Crippen molar-refractivity contribution in [3.8, 4) is 11.4 Å². The number of benzene rings is 1. The van der Waals surface area contributed by atoms with E-state index in [1.54, 1.807) is 12.1 Å². The molecule has 1 atom stereocenters. The summed E-state index contributed by atoms with van der Waals surface area (Å²) < 4.78 is 15.7. The van der Waals surface area contributed by atoms with Crippen LogP contribution >= 0.6 is 0 Å². The summed E-state index contributed by atoms with van der Waals surface area (Å²) >= 11 is 0. The van der Waals surface area contributed by atoms with Crippen LogP contribution < -0.4 is 9.80 Å². The van der Waals surface area contributed by atoms with Gasteiger partial charge in [0.15, 0.2) is 5.65 Å². The van der Waals surface area contributed by atoms with Crippen molar-refractivity contribution in [3.63, 3.8) is 0 Å². The Morgan fingerprint density at radius 3 is 2.62 bits per heavy atom. The molecule has 0 radical (unpaired) electrons. The van der Waals surface area contributed by atoms with Crippen LogP contribution in [0.3, 0.4) is 0 Å². The van der Waals surface area contributed by atoms with E-state index in [1.807, 2.05) is 35.0 Å². The number of halogens is 1. The fourth-order valence-corrected chi connectivity index (χ4v) is 4.98. The van der Waals surface area contributed by atoms with E-state index in [-0.39, 0.29) is 11.9 Å². The number of fused-ring (bicyclic) bond motifs is 1. The Morgan fingerprint density at radius 2 is 1.75 bits per heavy atom. The van der Waals surface area contributed by atoms with Crippen LogP contribution in [0, 0.1) is 5.82 Å². The molecule has 0 saturated carbocycles. The van der Waals surface area contributed by atoms with Crippen LogP contribution in [-0.4, -0.2) is 39.2 Å². The molecule has 1 aromatic carbocycles. The highest BCUT2D eigenvalue weighted by atomic mass is 19.1. The second kappa shape index (κ2) is 7.89. The van der Waals surface area contributed by atoms with Crippen molar-refractivity contribution >= 4 is 17.3 Å². The van der Waals surface area contributed by atoms with Crippen LogP contribution in [0.5, 0.6) is 0 Å². The van der Waals surface area contributed by atoms with Crippen molar-refractivity contribution < 1.29 is 4.39 Å². The fourth-order valence-electron chi connectivity index (χ4n) is 4.98. The zero-order valence-electron chi connectivity index (χ0n) is 17.9. The lowest BCUT2D eigenvalue weighted by Gasteiger charge is -2.26. The van der Waals surface area contributed by atoms with E-state index in [9.17, 15) is 4.39 Å². The minimum Gasteiger partial charge on any atom is -0.357 e. The number of anilines is 2. The third-order valence-corrected chi connectivity index (χ3v) is 6.56. The lowest BCUT2D eigenvalue weighted by atomic mass is 10.0. The molecule has 0 unspecified atom stereocenters. The molecule has 0 spiro atoms. The van der Waals surface area contributed by atoms with Gasteiger partial charge in [-0.05, 0) is 67.6 Å². The predicted octanol–water partition coefficient (Wildman–Crippen LogP) is 4.87. The van der Waals surface area contributed by atoms with E-state index in [1.165, 1.54) is 18.9 Å². The quantitative estimate of drug-likeness (QED) is 0.464.